The number of aromatic nitrogens is 1. The fourth-order valence-corrected chi connectivity index (χ4v) is 3.31. The van der Waals surface area contributed by atoms with Gasteiger partial charge in [0, 0.05) is 18.2 Å². The monoisotopic (exact) mass is 302 g/mol. The van der Waals surface area contributed by atoms with E-state index in [1.807, 2.05) is 6.20 Å². The number of nitrogens with zero attached hydrogens (tertiary/aromatic N) is 2. The van der Waals surface area contributed by atoms with Crippen LogP contribution >= 0.6 is 11.3 Å². The smallest absolute Gasteiger partial charge is 0.189 e. The van der Waals surface area contributed by atoms with E-state index < -0.39 is 0 Å². The lowest BCUT2D eigenvalue weighted by Gasteiger charge is -2.26. The molecule has 3 heteroatoms. The van der Waals surface area contributed by atoms with Crippen LogP contribution in [0.1, 0.15) is 51.1 Å². The predicted molar refractivity (Wildman–Crippen MR) is 95.0 cm³/mol. The van der Waals surface area contributed by atoms with E-state index in [1.165, 1.54) is 17.0 Å². The van der Waals surface area contributed by atoms with Crippen molar-refractivity contribution in [1.29, 1.82) is 0 Å². The molecule has 21 heavy (non-hydrogen) atoms. The van der Waals surface area contributed by atoms with Crippen LogP contribution in [0, 0.1) is 11.3 Å². The lowest BCUT2D eigenvalue weighted by Crippen LogP contribution is -2.17. The average molecular weight is 302 g/mol. The predicted octanol–water partition coefficient (Wildman–Crippen LogP) is 5.05. The minimum atomic E-state index is 0.108. The molecule has 0 saturated heterocycles. The molecule has 0 spiro atoms. The zero-order valence-corrected chi connectivity index (χ0v) is 14.4. The van der Waals surface area contributed by atoms with Crippen LogP contribution in [0.5, 0.6) is 0 Å². The number of fused-ring (bicyclic) bond motifs is 1. The summed E-state index contributed by atoms with van der Waals surface area (Å²) >= 11 is 1.75. The first kappa shape index (κ1) is 16.0. The Labute approximate surface area is 132 Å². The molecule has 1 aliphatic carbocycles. The van der Waals surface area contributed by atoms with Crippen molar-refractivity contribution in [3.63, 3.8) is 0 Å². The topological polar surface area (TPSA) is 17.3 Å². The van der Waals surface area contributed by atoms with Gasteiger partial charge in [-0.05, 0) is 24.5 Å². The average Bonchev–Trinajstić information content (AvgIpc) is 2.70. The molecular weight excluding hydrogens is 276 g/mol. The molecule has 1 atom stereocenters. The lowest BCUT2D eigenvalue weighted by molar-refractivity contribution is 0.387. The second-order valence-corrected chi connectivity index (χ2v) is 7.12. The molecule has 1 aliphatic rings. The summed E-state index contributed by atoms with van der Waals surface area (Å²) in [6, 6.07) is 0. The van der Waals surface area contributed by atoms with Gasteiger partial charge in [0.05, 0.1) is 10.6 Å². The van der Waals surface area contributed by atoms with Crippen LogP contribution in [-0.2, 0) is 0 Å². The van der Waals surface area contributed by atoms with E-state index in [0.29, 0.717) is 5.92 Å². The van der Waals surface area contributed by atoms with Gasteiger partial charge in [-0.1, -0.05) is 64.2 Å². The number of thiazole rings is 1. The van der Waals surface area contributed by atoms with E-state index in [9.17, 15) is 0 Å². The third-order valence-electron chi connectivity index (χ3n) is 4.30. The van der Waals surface area contributed by atoms with Crippen molar-refractivity contribution in [3.05, 3.63) is 34.1 Å². The summed E-state index contributed by atoms with van der Waals surface area (Å²) in [6.07, 6.45) is 13.3. The van der Waals surface area contributed by atoms with Crippen molar-refractivity contribution >= 4 is 29.7 Å². The van der Waals surface area contributed by atoms with Gasteiger partial charge in [0.15, 0.2) is 4.80 Å². The summed E-state index contributed by atoms with van der Waals surface area (Å²) in [5.74, 6) is 0.574. The Bertz CT molecular complexity index is 628. The van der Waals surface area contributed by atoms with Crippen molar-refractivity contribution in [1.82, 2.24) is 4.57 Å². The fourth-order valence-electron chi connectivity index (χ4n) is 2.28. The van der Waals surface area contributed by atoms with Gasteiger partial charge in [0.1, 0.15) is 0 Å². The third kappa shape index (κ3) is 3.29. The Balaban J connectivity index is 2.46. The van der Waals surface area contributed by atoms with Gasteiger partial charge in [-0.15, -0.1) is 0 Å². The molecule has 0 amide bonds. The molecule has 0 aliphatic heterocycles. The summed E-state index contributed by atoms with van der Waals surface area (Å²) < 4.78 is 2.11. The summed E-state index contributed by atoms with van der Waals surface area (Å²) in [5.41, 5.74) is 1.31. The van der Waals surface area contributed by atoms with Gasteiger partial charge in [0.25, 0.3) is 0 Å². The molecule has 0 saturated carbocycles. The molecule has 0 N–H and O–H groups in total. The number of unbranched alkanes of at least 4 members (excludes halogenated alkanes) is 1. The van der Waals surface area contributed by atoms with Crippen LogP contribution in [0.3, 0.4) is 0 Å². The second kappa shape index (κ2) is 6.61. The Morgan fingerprint density at radius 2 is 2.10 bits per heavy atom. The molecule has 2 rings (SSSR count). The van der Waals surface area contributed by atoms with Crippen molar-refractivity contribution in [2.45, 2.75) is 40.5 Å². The molecule has 0 radical (unpaired) electrons. The van der Waals surface area contributed by atoms with Crippen LogP contribution in [-0.4, -0.2) is 11.1 Å². The Hall–Kier alpha value is -1.35. The maximum Gasteiger partial charge on any atom is 0.189 e. The number of hydrogen-bond acceptors (Lipinski definition) is 2. The lowest BCUT2D eigenvalue weighted by atomic mass is 9.79. The normalized spacial score (nSPS) is 21.7. The van der Waals surface area contributed by atoms with Crippen molar-refractivity contribution in [2.24, 2.45) is 16.3 Å². The molecule has 114 valence electrons. The maximum absolute atomic E-state index is 4.72. The first-order valence-corrected chi connectivity index (χ1v) is 8.60. The highest BCUT2D eigenvalue weighted by Crippen LogP contribution is 2.35. The summed E-state index contributed by atoms with van der Waals surface area (Å²) in [6.45, 7) is 13.9. The summed E-state index contributed by atoms with van der Waals surface area (Å²) in [7, 11) is 0. The Morgan fingerprint density at radius 3 is 2.71 bits per heavy atom. The number of rotatable bonds is 5. The molecule has 2 nitrogen and oxygen atoms in total. The zero-order chi connectivity index (χ0) is 15.5. The van der Waals surface area contributed by atoms with Crippen LogP contribution < -0.4 is 4.80 Å². The zero-order valence-electron chi connectivity index (χ0n) is 13.6. The number of hydrogen-bond donors (Lipinski definition) is 0. The molecule has 1 aromatic heterocycles. The maximum atomic E-state index is 4.72. The molecule has 0 bridgehead atoms. The largest absolute Gasteiger partial charge is 0.293 e. The minimum absolute atomic E-state index is 0.108. The molecular formula is C18H26N2S. The van der Waals surface area contributed by atoms with Crippen LogP contribution in [0.15, 0.2) is 23.7 Å². The first-order chi connectivity index (χ1) is 10.0. The quantitative estimate of drug-likeness (QED) is 0.677. The minimum Gasteiger partial charge on any atom is -0.293 e. The SMILES string of the molecule is C=Cn1c2c(sc1=NCCCC)C=CC(C)(C(C)C)C=C2. The number of allylic oxidation sites excluding steroid dienone is 2. The van der Waals surface area contributed by atoms with Gasteiger partial charge >= 0.3 is 0 Å². The third-order valence-corrected chi connectivity index (χ3v) is 5.37. The van der Waals surface area contributed by atoms with Crippen LogP contribution in [0.4, 0.5) is 0 Å². The Morgan fingerprint density at radius 1 is 1.38 bits per heavy atom. The van der Waals surface area contributed by atoms with Gasteiger partial charge in [0.2, 0.25) is 0 Å². The van der Waals surface area contributed by atoms with Gasteiger partial charge in [-0.2, -0.15) is 0 Å². The highest BCUT2D eigenvalue weighted by molar-refractivity contribution is 7.10. The van der Waals surface area contributed by atoms with Crippen LogP contribution in [0.2, 0.25) is 0 Å². The standard InChI is InChI=1S/C18H26N2S/c1-6-8-13-19-17-20(7-2)15-9-11-18(5,14(3)4)12-10-16(15)21-17/h7,9-12,14H,2,6,8,13H2,1,3-5H3. The molecule has 1 unspecified atom stereocenters. The van der Waals surface area contributed by atoms with E-state index in [-0.39, 0.29) is 5.41 Å². The van der Waals surface area contributed by atoms with E-state index >= 15 is 0 Å². The molecule has 1 heterocycles. The van der Waals surface area contributed by atoms with Crippen molar-refractivity contribution < 1.29 is 0 Å². The highest BCUT2D eigenvalue weighted by atomic mass is 32.1. The van der Waals surface area contributed by atoms with E-state index in [0.717, 1.165) is 17.8 Å². The molecule has 1 aromatic rings. The van der Waals surface area contributed by atoms with Gasteiger partial charge in [-0.3, -0.25) is 9.56 Å². The molecule has 0 aromatic carbocycles. The van der Waals surface area contributed by atoms with E-state index in [2.05, 4.69) is 63.1 Å². The summed E-state index contributed by atoms with van der Waals surface area (Å²) in [4.78, 5) is 7.03. The van der Waals surface area contributed by atoms with Crippen LogP contribution in [0.25, 0.3) is 18.4 Å². The van der Waals surface area contributed by atoms with Gasteiger partial charge < -0.3 is 0 Å². The second-order valence-electron chi connectivity index (χ2n) is 6.11. The highest BCUT2D eigenvalue weighted by Gasteiger charge is 2.24. The first-order valence-electron chi connectivity index (χ1n) is 7.78. The fraction of sp³-hybridized carbons (Fsp3) is 0.500. The van der Waals surface area contributed by atoms with Crippen molar-refractivity contribution in [2.75, 3.05) is 6.54 Å². The molecule has 0 fully saturated rings. The van der Waals surface area contributed by atoms with E-state index in [4.69, 9.17) is 4.99 Å². The summed E-state index contributed by atoms with van der Waals surface area (Å²) in [5, 5.41) is 0. The van der Waals surface area contributed by atoms with Gasteiger partial charge in [-0.25, -0.2) is 0 Å². The Kier molecular flexibility index (Phi) is 5.04. The van der Waals surface area contributed by atoms with Crippen molar-refractivity contribution in [3.8, 4) is 0 Å². The van der Waals surface area contributed by atoms with E-state index in [1.54, 1.807) is 11.3 Å².